The van der Waals surface area contributed by atoms with Crippen LogP contribution in [0.2, 0.25) is 5.02 Å². The van der Waals surface area contributed by atoms with Crippen LogP contribution < -0.4 is 11.3 Å². The summed E-state index contributed by atoms with van der Waals surface area (Å²) in [4.78, 5) is 42.8. The minimum Gasteiger partial charge on any atom is -0.458 e. The quantitative estimate of drug-likeness (QED) is 0.257. The number of esters is 1. The van der Waals surface area contributed by atoms with Crippen LogP contribution in [0.15, 0.2) is 16.9 Å². The van der Waals surface area contributed by atoms with Crippen LogP contribution in [0, 0.1) is 17.6 Å². The number of aliphatic hydroxyl groups is 2. The highest BCUT2D eigenvalue weighted by Gasteiger charge is 2.50. The van der Waals surface area contributed by atoms with Gasteiger partial charge in [-0.3, -0.25) is 9.59 Å². The summed E-state index contributed by atoms with van der Waals surface area (Å²) in [6.45, 7) is 1.10. The van der Waals surface area contributed by atoms with Gasteiger partial charge in [0, 0.05) is 29.0 Å². The van der Waals surface area contributed by atoms with Crippen molar-refractivity contribution < 1.29 is 33.3 Å². The lowest BCUT2D eigenvalue weighted by atomic mass is 9.84. The molecular weight excluding hydrogens is 524 g/mol. The Balaban J connectivity index is 1.66. The van der Waals surface area contributed by atoms with Crippen LogP contribution in [0.4, 0.5) is 8.78 Å². The van der Waals surface area contributed by atoms with Crippen LogP contribution in [0.25, 0.3) is 22.3 Å². The number of halogens is 3. The molecule has 198 valence electrons. The zero-order chi connectivity index (χ0) is 27.3. The van der Waals surface area contributed by atoms with Crippen LogP contribution in [0.1, 0.15) is 48.4 Å². The van der Waals surface area contributed by atoms with Gasteiger partial charge in [0.1, 0.15) is 23.0 Å². The Bertz CT molecular complexity index is 1670. The molecule has 0 radical (unpaired) electrons. The van der Waals surface area contributed by atoms with E-state index in [1.165, 1.54) is 10.6 Å². The summed E-state index contributed by atoms with van der Waals surface area (Å²) >= 11 is 5.89. The lowest BCUT2D eigenvalue weighted by Crippen LogP contribution is -2.48. The molecule has 1 saturated carbocycles. The maximum absolute atomic E-state index is 15.5. The zero-order valence-electron chi connectivity index (χ0n) is 20.1. The Hall–Kier alpha value is -3.41. The predicted octanol–water partition coefficient (Wildman–Crippen LogP) is 2.18. The van der Waals surface area contributed by atoms with Crippen molar-refractivity contribution in [1.29, 1.82) is 0 Å². The molecule has 2 aliphatic heterocycles. The van der Waals surface area contributed by atoms with Gasteiger partial charge < -0.3 is 25.3 Å². The maximum atomic E-state index is 15.5. The highest BCUT2D eigenvalue weighted by atomic mass is 35.5. The molecule has 1 fully saturated rings. The number of carbonyl (C=O) groups excluding carboxylic acids is 2. The first kappa shape index (κ1) is 24.9. The maximum Gasteiger partial charge on any atom is 0.343 e. The fourth-order valence-electron chi connectivity index (χ4n) is 5.69. The number of hydrogen-bond donors (Lipinski definition) is 3. The van der Waals surface area contributed by atoms with Gasteiger partial charge in [0.25, 0.3) is 5.56 Å². The first-order valence-electron chi connectivity index (χ1n) is 12.1. The zero-order valence-corrected chi connectivity index (χ0v) is 20.9. The summed E-state index contributed by atoms with van der Waals surface area (Å²) < 4.78 is 36.4. The summed E-state index contributed by atoms with van der Waals surface area (Å²) in [6, 6.07) is 2.39. The van der Waals surface area contributed by atoms with Gasteiger partial charge in [-0.15, -0.1) is 0 Å². The number of aromatic nitrogens is 2. The number of cyclic esters (lactones) is 1. The van der Waals surface area contributed by atoms with Crippen LogP contribution in [0.3, 0.4) is 0 Å². The SMILES string of the molecule is CC[C@@]1(O)C(=O)OCc2c1cc1n(c2=O)Cc2c-1nc1cc(F)c(Cl)c(F)c1c2CC(O)(C(N)=O)C1CC1. The molecule has 0 saturated heterocycles. The van der Waals surface area contributed by atoms with Gasteiger partial charge in [-0.1, -0.05) is 18.5 Å². The number of pyridine rings is 2. The average Bonchev–Trinajstić information content (AvgIpc) is 3.67. The van der Waals surface area contributed by atoms with Crippen molar-refractivity contribution >= 4 is 34.4 Å². The standard InChI is InChI=1S/C26H22ClF2N3O6/c1-2-25(36)14-5-17-21-12(8-32(17)22(33)13(14)9-38-24(25)35)11(7-26(37,23(30)34)10-3-4-10)18-16(31-21)6-15(28)19(27)20(18)29/h5-6,10,36-37H,2-4,7-9H2,1H3,(H2,30,34)/t25-,26?/m0/s1. The van der Waals surface area contributed by atoms with Gasteiger partial charge in [-0.2, -0.15) is 0 Å². The second-order valence-electron chi connectivity index (χ2n) is 10.1. The van der Waals surface area contributed by atoms with Crippen molar-refractivity contribution in [3.63, 3.8) is 0 Å². The predicted molar refractivity (Wildman–Crippen MR) is 130 cm³/mol. The number of rotatable bonds is 5. The fourth-order valence-corrected chi connectivity index (χ4v) is 5.84. The van der Waals surface area contributed by atoms with Crippen LogP contribution in [-0.4, -0.2) is 37.2 Å². The third kappa shape index (κ3) is 3.21. The summed E-state index contributed by atoms with van der Waals surface area (Å²) in [6.07, 6.45) is 0.611. The number of primary amides is 1. The van der Waals surface area contributed by atoms with E-state index in [0.29, 0.717) is 18.4 Å². The van der Waals surface area contributed by atoms with E-state index in [1.807, 2.05) is 0 Å². The van der Waals surface area contributed by atoms with Gasteiger partial charge in [0.15, 0.2) is 11.4 Å². The summed E-state index contributed by atoms with van der Waals surface area (Å²) in [5.41, 5.74) is 1.76. The normalized spacial score (nSPS) is 21.5. The molecule has 2 aromatic heterocycles. The smallest absolute Gasteiger partial charge is 0.343 e. The van der Waals surface area contributed by atoms with E-state index in [2.05, 4.69) is 4.98 Å². The van der Waals surface area contributed by atoms with Gasteiger partial charge in [0.2, 0.25) is 5.91 Å². The van der Waals surface area contributed by atoms with Crippen molar-refractivity contribution in [2.45, 2.75) is 57.0 Å². The molecule has 0 spiro atoms. The van der Waals surface area contributed by atoms with E-state index in [0.717, 1.165) is 6.07 Å². The first-order valence-corrected chi connectivity index (χ1v) is 12.5. The third-order valence-corrected chi connectivity index (χ3v) is 8.40. The van der Waals surface area contributed by atoms with Gasteiger partial charge >= 0.3 is 5.97 Å². The molecule has 2 atom stereocenters. The van der Waals surface area contributed by atoms with E-state index in [1.54, 1.807) is 6.92 Å². The molecular formula is C26H22ClF2N3O6. The van der Waals surface area contributed by atoms with Crippen molar-refractivity contribution in [3.05, 3.63) is 61.4 Å². The fraction of sp³-hybridized carbons (Fsp3) is 0.385. The molecule has 4 heterocycles. The Morgan fingerprint density at radius 1 is 1.32 bits per heavy atom. The Kier molecular flexibility index (Phi) is 5.27. The molecule has 0 bridgehead atoms. The van der Waals surface area contributed by atoms with Crippen molar-refractivity contribution in [2.24, 2.45) is 11.7 Å². The Morgan fingerprint density at radius 2 is 2.03 bits per heavy atom. The molecule has 3 aromatic rings. The number of hydrogen-bond acceptors (Lipinski definition) is 7. The molecule has 1 aromatic carbocycles. The molecule has 9 nitrogen and oxygen atoms in total. The van der Waals surface area contributed by atoms with E-state index in [4.69, 9.17) is 22.1 Å². The van der Waals surface area contributed by atoms with Crippen molar-refractivity contribution in [1.82, 2.24) is 9.55 Å². The van der Waals surface area contributed by atoms with Crippen LogP contribution >= 0.6 is 11.6 Å². The summed E-state index contributed by atoms with van der Waals surface area (Å²) in [7, 11) is 0. The molecule has 12 heteroatoms. The molecule has 38 heavy (non-hydrogen) atoms. The minimum atomic E-state index is -2.06. The number of carbonyl (C=O) groups is 2. The van der Waals surface area contributed by atoms with Gasteiger partial charge in [0.05, 0.1) is 29.0 Å². The lowest BCUT2D eigenvalue weighted by Gasteiger charge is -2.31. The van der Waals surface area contributed by atoms with Gasteiger partial charge in [-0.25, -0.2) is 18.6 Å². The van der Waals surface area contributed by atoms with E-state index in [9.17, 15) is 29.0 Å². The second kappa shape index (κ2) is 8.05. The van der Waals surface area contributed by atoms with Crippen LogP contribution in [-0.2, 0) is 39.5 Å². The third-order valence-electron chi connectivity index (χ3n) is 8.05. The van der Waals surface area contributed by atoms with E-state index < -0.39 is 57.6 Å². The molecule has 4 N–H and O–H groups in total. The molecule has 6 rings (SSSR count). The van der Waals surface area contributed by atoms with Crippen LogP contribution in [0.5, 0.6) is 0 Å². The number of fused-ring (bicyclic) bond motifs is 5. The number of amides is 1. The minimum absolute atomic E-state index is 0.0626. The summed E-state index contributed by atoms with van der Waals surface area (Å²) in [5.74, 6) is -4.50. The van der Waals surface area contributed by atoms with Gasteiger partial charge in [-0.05, 0) is 36.8 Å². The average molecular weight is 546 g/mol. The van der Waals surface area contributed by atoms with Crippen molar-refractivity contribution in [2.75, 3.05) is 0 Å². The topological polar surface area (TPSA) is 145 Å². The molecule has 3 aliphatic rings. The van der Waals surface area contributed by atoms with Crippen molar-refractivity contribution in [3.8, 4) is 11.4 Å². The highest BCUT2D eigenvalue weighted by molar-refractivity contribution is 6.31. The first-order chi connectivity index (χ1) is 17.9. The molecule has 1 unspecified atom stereocenters. The van der Waals surface area contributed by atoms with E-state index >= 15 is 4.39 Å². The number of benzene rings is 1. The van der Waals surface area contributed by atoms with E-state index in [-0.39, 0.29) is 58.6 Å². The lowest BCUT2D eigenvalue weighted by molar-refractivity contribution is -0.172. The molecule has 1 aliphatic carbocycles. The largest absolute Gasteiger partial charge is 0.458 e. The Morgan fingerprint density at radius 3 is 2.66 bits per heavy atom. The number of nitrogens with two attached hydrogens (primary N) is 1. The monoisotopic (exact) mass is 545 g/mol. The molecule has 1 amide bonds. The highest BCUT2D eigenvalue weighted by Crippen LogP contribution is 2.46. The second-order valence-corrected chi connectivity index (χ2v) is 10.5. The number of nitrogens with zero attached hydrogens (tertiary/aromatic N) is 2. The number of ether oxygens (including phenoxy) is 1. The summed E-state index contributed by atoms with van der Waals surface area (Å²) in [5, 5.41) is 21.4. The Labute approximate surface area is 218 Å².